The molecule has 2 N–H and O–H groups in total. The predicted octanol–water partition coefficient (Wildman–Crippen LogP) is 1.80. The maximum Gasteiger partial charge on any atom is 0.251 e. The third-order valence-electron chi connectivity index (χ3n) is 2.40. The molecule has 2 amide bonds. The number of hydrogen-bond acceptors (Lipinski definition) is 3. The van der Waals surface area contributed by atoms with Gasteiger partial charge in [-0.3, -0.25) is 9.59 Å². The topological polar surface area (TPSA) is 67.4 Å². The van der Waals surface area contributed by atoms with Gasteiger partial charge in [0.25, 0.3) is 5.91 Å². The van der Waals surface area contributed by atoms with Crippen LogP contribution in [0.3, 0.4) is 0 Å². The van der Waals surface area contributed by atoms with Crippen LogP contribution >= 0.6 is 0 Å². The van der Waals surface area contributed by atoms with Crippen LogP contribution in [0.5, 0.6) is 0 Å². The predicted molar refractivity (Wildman–Crippen MR) is 74.2 cm³/mol. The van der Waals surface area contributed by atoms with Crippen molar-refractivity contribution in [2.75, 3.05) is 25.1 Å². The molecule has 0 aromatic heterocycles. The summed E-state index contributed by atoms with van der Waals surface area (Å²) in [5.41, 5.74) is 1.15. The number of hydrogen-bond donors (Lipinski definition) is 2. The molecule has 5 nitrogen and oxygen atoms in total. The number of ether oxygens (including phenoxy) is 1. The number of nitrogens with one attached hydrogen (secondary N) is 2. The van der Waals surface area contributed by atoms with Crippen molar-refractivity contribution in [3.05, 3.63) is 29.8 Å². The summed E-state index contributed by atoms with van der Waals surface area (Å²) in [6.45, 7) is 5.27. The largest absolute Gasteiger partial charge is 0.382 e. The van der Waals surface area contributed by atoms with Crippen LogP contribution in [0.25, 0.3) is 0 Å². The summed E-state index contributed by atoms with van der Waals surface area (Å²) < 4.78 is 5.19. The van der Waals surface area contributed by atoms with E-state index in [0.717, 1.165) is 6.42 Å². The number of amides is 2. The van der Waals surface area contributed by atoms with Crippen molar-refractivity contribution in [2.24, 2.45) is 0 Å². The minimum absolute atomic E-state index is 0.149. The van der Waals surface area contributed by atoms with Gasteiger partial charge in [0.1, 0.15) is 0 Å². The molecule has 0 saturated carbocycles. The Hall–Kier alpha value is -1.88. The van der Waals surface area contributed by atoms with E-state index in [1.807, 2.05) is 6.92 Å². The molecule has 0 saturated heterocycles. The number of carbonyl (C=O) groups excluding carboxylic acids is 2. The fourth-order valence-electron chi connectivity index (χ4n) is 1.56. The average molecular weight is 264 g/mol. The van der Waals surface area contributed by atoms with Gasteiger partial charge in [-0.1, -0.05) is 6.07 Å². The molecule has 0 radical (unpaired) electrons. The normalized spacial score (nSPS) is 10.0. The molecule has 1 rings (SSSR count). The first kappa shape index (κ1) is 15.2. The minimum Gasteiger partial charge on any atom is -0.382 e. The molecule has 0 aliphatic carbocycles. The highest BCUT2D eigenvalue weighted by Gasteiger charge is 2.05. The summed E-state index contributed by atoms with van der Waals surface area (Å²) in [5.74, 6) is -0.307. The lowest BCUT2D eigenvalue weighted by atomic mass is 10.2. The van der Waals surface area contributed by atoms with Crippen LogP contribution in [0.15, 0.2) is 24.3 Å². The Kier molecular flexibility index (Phi) is 6.60. The third kappa shape index (κ3) is 6.01. The quantitative estimate of drug-likeness (QED) is 0.738. The first-order valence-electron chi connectivity index (χ1n) is 6.37. The Balaban J connectivity index is 2.45. The molecule has 1 aromatic carbocycles. The second-order valence-electron chi connectivity index (χ2n) is 4.07. The molecular weight excluding hydrogens is 244 g/mol. The van der Waals surface area contributed by atoms with E-state index >= 15 is 0 Å². The highest BCUT2D eigenvalue weighted by molar-refractivity contribution is 5.96. The van der Waals surface area contributed by atoms with Gasteiger partial charge in [0.05, 0.1) is 0 Å². The summed E-state index contributed by atoms with van der Waals surface area (Å²) in [4.78, 5) is 22.8. The van der Waals surface area contributed by atoms with Crippen molar-refractivity contribution in [3.63, 3.8) is 0 Å². The van der Waals surface area contributed by atoms with E-state index in [2.05, 4.69) is 10.6 Å². The third-order valence-corrected chi connectivity index (χ3v) is 2.40. The second kappa shape index (κ2) is 8.26. The maximum atomic E-state index is 11.9. The second-order valence-corrected chi connectivity index (χ2v) is 4.07. The fourth-order valence-corrected chi connectivity index (χ4v) is 1.56. The van der Waals surface area contributed by atoms with Gasteiger partial charge >= 0.3 is 0 Å². The summed E-state index contributed by atoms with van der Waals surface area (Å²) in [7, 11) is 0. The Morgan fingerprint density at radius 2 is 2.11 bits per heavy atom. The molecule has 1 aromatic rings. The molecule has 0 atom stereocenters. The van der Waals surface area contributed by atoms with Gasteiger partial charge in [-0.15, -0.1) is 0 Å². The lowest BCUT2D eigenvalue weighted by molar-refractivity contribution is -0.114. The van der Waals surface area contributed by atoms with Crippen molar-refractivity contribution >= 4 is 17.5 Å². The molecule has 19 heavy (non-hydrogen) atoms. The van der Waals surface area contributed by atoms with E-state index in [1.165, 1.54) is 6.92 Å². The molecule has 0 aliphatic heterocycles. The first-order valence-corrected chi connectivity index (χ1v) is 6.37. The molecule has 0 spiro atoms. The zero-order valence-electron chi connectivity index (χ0n) is 11.4. The summed E-state index contributed by atoms with van der Waals surface area (Å²) in [6.07, 6.45) is 0.783. The van der Waals surface area contributed by atoms with Gasteiger partial charge in [-0.25, -0.2) is 0 Å². The lowest BCUT2D eigenvalue weighted by Gasteiger charge is -2.07. The van der Waals surface area contributed by atoms with E-state index in [1.54, 1.807) is 24.3 Å². The molecule has 104 valence electrons. The zero-order valence-corrected chi connectivity index (χ0v) is 11.4. The number of anilines is 1. The van der Waals surface area contributed by atoms with Crippen LogP contribution in [-0.2, 0) is 9.53 Å². The number of rotatable bonds is 7. The highest BCUT2D eigenvalue weighted by atomic mass is 16.5. The molecule has 0 heterocycles. The minimum atomic E-state index is -0.158. The van der Waals surface area contributed by atoms with Crippen molar-refractivity contribution in [1.82, 2.24) is 5.32 Å². The van der Waals surface area contributed by atoms with Crippen LogP contribution in [0.1, 0.15) is 30.6 Å². The summed E-state index contributed by atoms with van der Waals surface area (Å²) in [6, 6.07) is 6.84. The van der Waals surface area contributed by atoms with E-state index < -0.39 is 0 Å². The smallest absolute Gasteiger partial charge is 0.251 e. The van der Waals surface area contributed by atoms with Gasteiger partial charge in [-0.05, 0) is 31.5 Å². The summed E-state index contributed by atoms with van der Waals surface area (Å²) in [5, 5.41) is 5.45. The van der Waals surface area contributed by atoms with Crippen molar-refractivity contribution < 1.29 is 14.3 Å². The summed E-state index contributed by atoms with van der Waals surface area (Å²) >= 11 is 0. The molecule has 0 aliphatic rings. The van der Waals surface area contributed by atoms with Crippen molar-refractivity contribution in [2.45, 2.75) is 20.3 Å². The monoisotopic (exact) mass is 264 g/mol. The molecular formula is C14H20N2O3. The van der Waals surface area contributed by atoms with Gasteiger partial charge in [0.15, 0.2) is 0 Å². The average Bonchev–Trinajstić information content (AvgIpc) is 2.38. The molecule has 0 unspecified atom stereocenters. The SMILES string of the molecule is CCOCCCNC(=O)c1cccc(NC(C)=O)c1. The van der Waals surface area contributed by atoms with Crippen LogP contribution < -0.4 is 10.6 Å². The van der Waals surface area contributed by atoms with Gasteiger partial charge < -0.3 is 15.4 Å². The van der Waals surface area contributed by atoms with Gasteiger partial charge in [0, 0.05) is 37.9 Å². The van der Waals surface area contributed by atoms with E-state index in [-0.39, 0.29) is 11.8 Å². The van der Waals surface area contributed by atoms with E-state index in [9.17, 15) is 9.59 Å². The van der Waals surface area contributed by atoms with Crippen LogP contribution in [0.4, 0.5) is 5.69 Å². The van der Waals surface area contributed by atoms with Crippen LogP contribution in [0, 0.1) is 0 Å². The Morgan fingerprint density at radius 1 is 1.32 bits per heavy atom. The molecule has 0 bridgehead atoms. The Morgan fingerprint density at radius 3 is 2.79 bits per heavy atom. The Bertz CT molecular complexity index is 432. The Labute approximate surface area is 113 Å². The molecule has 5 heteroatoms. The van der Waals surface area contributed by atoms with E-state index in [0.29, 0.717) is 31.0 Å². The van der Waals surface area contributed by atoms with Crippen molar-refractivity contribution in [3.8, 4) is 0 Å². The van der Waals surface area contributed by atoms with Gasteiger partial charge in [-0.2, -0.15) is 0 Å². The standard InChI is InChI=1S/C14H20N2O3/c1-3-19-9-5-8-15-14(18)12-6-4-7-13(10-12)16-11(2)17/h4,6-7,10H,3,5,8-9H2,1-2H3,(H,15,18)(H,16,17). The molecule has 0 fully saturated rings. The van der Waals surface area contributed by atoms with E-state index in [4.69, 9.17) is 4.74 Å². The lowest BCUT2D eigenvalue weighted by Crippen LogP contribution is -2.25. The van der Waals surface area contributed by atoms with Crippen molar-refractivity contribution in [1.29, 1.82) is 0 Å². The fraction of sp³-hybridized carbons (Fsp3) is 0.429. The number of carbonyl (C=O) groups is 2. The first-order chi connectivity index (χ1) is 9.13. The number of benzene rings is 1. The van der Waals surface area contributed by atoms with Crippen LogP contribution in [0.2, 0.25) is 0 Å². The zero-order chi connectivity index (χ0) is 14.1. The van der Waals surface area contributed by atoms with Gasteiger partial charge in [0.2, 0.25) is 5.91 Å². The van der Waals surface area contributed by atoms with Crippen LogP contribution in [-0.4, -0.2) is 31.6 Å². The highest BCUT2D eigenvalue weighted by Crippen LogP contribution is 2.10. The maximum absolute atomic E-state index is 11.9.